The molecule has 0 bridgehead atoms. The van der Waals surface area contributed by atoms with Crippen molar-refractivity contribution in [3.05, 3.63) is 65.2 Å². The highest BCUT2D eigenvalue weighted by Crippen LogP contribution is 2.20. The maximum atomic E-state index is 12.3. The third-order valence-corrected chi connectivity index (χ3v) is 3.18. The fourth-order valence-electron chi connectivity index (χ4n) is 2.09. The lowest BCUT2D eigenvalue weighted by atomic mass is 10.1. The first-order valence-corrected chi connectivity index (χ1v) is 7.22. The summed E-state index contributed by atoms with van der Waals surface area (Å²) in [6, 6.07) is 13.7. The summed E-state index contributed by atoms with van der Waals surface area (Å²) in [5.41, 5.74) is 1.12. The van der Waals surface area contributed by atoms with Crippen molar-refractivity contribution in [3.63, 3.8) is 0 Å². The molecule has 5 nitrogen and oxygen atoms in total. The average molecular weight is 314 g/mol. The van der Waals surface area contributed by atoms with E-state index in [1.165, 1.54) is 19.2 Å². The van der Waals surface area contributed by atoms with Crippen LogP contribution in [0, 0.1) is 0 Å². The van der Waals surface area contributed by atoms with Crippen molar-refractivity contribution in [2.75, 3.05) is 13.7 Å². The van der Waals surface area contributed by atoms with Gasteiger partial charge in [0.15, 0.2) is 0 Å². The summed E-state index contributed by atoms with van der Waals surface area (Å²) >= 11 is 0. The maximum absolute atomic E-state index is 12.3. The molecule has 2 rings (SSSR count). The minimum absolute atomic E-state index is 0.0600. The second-order valence-corrected chi connectivity index (χ2v) is 4.65. The fraction of sp³-hybridized carbons (Fsp3) is 0.222. The molecule has 0 aliphatic rings. The second kappa shape index (κ2) is 7.98. The van der Waals surface area contributed by atoms with Gasteiger partial charge in [-0.15, -0.1) is 0 Å². The Labute approximate surface area is 134 Å². The van der Waals surface area contributed by atoms with Crippen LogP contribution in [0.4, 0.5) is 0 Å². The Morgan fingerprint density at radius 2 is 1.52 bits per heavy atom. The van der Waals surface area contributed by atoms with Gasteiger partial charge in [0, 0.05) is 5.56 Å². The van der Waals surface area contributed by atoms with Gasteiger partial charge < -0.3 is 14.2 Å². The lowest BCUT2D eigenvalue weighted by Gasteiger charge is -2.11. The molecule has 0 radical (unpaired) electrons. The molecule has 2 aromatic carbocycles. The molecule has 0 aromatic heterocycles. The third-order valence-electron chi connectivity index (χ3n) is 3.18. The van der Waals surface area contributed by atoms with E-state index in [-0.39, 0.29) is 17.7 Å². The van der Waals surface area contributed by atoms with Gasteiger partial charge in [-0.05, 0) is 25.1 Å². The third kappa shape index (κ3) is 4.10. The van der Waals surface area contributed by atoms with Crippen LogP contribution in [0.1, 0.15) is 33.2 Å². The summed E-state index contributed by atoms with van der Waals surface area (Å²) < 4.78 is 15.5. The van der Waals surface area contributed by atoms with Crippen LogP contribution in [0.5, 0.6) is 5.75 Å². The van der Waals surface area contributed by atoms with E-state index in [0.717, 1.165) is 5.56 Å². The summed E-state index contributed by atoms with van der Waals surface area (Å²) in [6.07, 6.45) is 0. The van der Waals surface area contributed by atoms with E-state index in [9.17, 15) is 9.59 Å². The number of esters is 2. The van der Waals surface area contributed by atoms with E-state index in [1.807, 2.05) is 31.2 Å². The Balaban J connectivity index is 2.13. The molecule has 0 atom stereocenters. The van der Waals surface area contributed by atoms with Crippen molar-refractivity contribution < 1.29 is 23.8 Å². The first-order valence-electron chi connectivity index (χ1n) is 7.22. The Kier molecular flexibility index (Phi) is 5.74. The summed E-state index contributed by atoms with van der Waals surface area (Å²) in [4.78, 5) is 24.0. The topological polar surface area (TPSA) is 61.8 Å². The molecule has 0 N–H and O–H groups in total. The largest absolute Gasteiger partial charge is 0.493 e. The molecule has 0 aliphatic heterocycles. The maximum Gasteiger partial charge on any atom is 0.339 e. The first kappa shape index (κ1) is 16.5. The fourth-order valence-corrected chi connectivity index (χ4v) is 2.09. The number of carbonyl (C=O) groups is 2. The number of hydrogen-bond donors (Lipinski definition) is 0. The number of methoxy groups -OCH3 is 1. The standard InChI is InChI=1S/C18H18O5/c1-3-22-16-11-7-4-8-13(16)12-23-18(20)15-10-6-5-9-14(15)17(19)21-2/h4-11H,3,12H2,1-2H3. The SMILES string of the molecule is CCOc1ccccc1COC(=O)c1ccccc1C(=O)OC. The Hall–Kier alpha value is -2.82. The predicted molar refractivity (Wildman–Crippen MR) is 84.5 cm³/mol. The number of hydrogen-bond acceptors (Lipinski definition) is 5. The van der Waals surface area contributed by atoms with Crippen molar-refractivity contribution in [2.24, 2.45) is 0 Å². The lowest BCUT2D eigenvalue weighted by Crippen LogP contribution is -2.13. The van der Waals surface area contributed by atoms with Gasteiger partial charge in [0.05, 0.1) is 24.8 Å². The average Bonchev–Trinajstić information content (AvgIpc) is 2.60. The van der Waals surface area contributed by atoms with E-state index in [2.05, 4.69) is 4.74 Å². The molecule has 5 heteroatoms. The van der Waals surface area contributed by atoms with Gasteiger partial charge in [-0.2, -0.15) is 0 Å². The Morgan fingerprint density at radius 3 is 2.17 bits per heavy atom. The zero-order valence-corrected chi connectivity index (χ0v) is 13.1. The normalized spacial score (nSPS) is 10.0. The second-order valence-electron chi connectivity index (χ2n) is 4.65. The molecule has 0 spiro atoms. The monoisotopic (exact) mass is 314 g/mol. The van der Waals surface area contributed by atoms with Gasteiger partial charge in [-0.25, -0.2) is 9.59 Å². The van der Waals surface area contributed by atoms with E-state index < -0.39 is 11.9 Å². The summed E-state index contributed by atoms with van der Waals surface area (Å²) in [6.45, 7) is 2.47. The van der Waals surface area contributed by atoms with Crippen LogP contribution in [0.25, 0.3) is 0 Å². The van der Waals surface area contributed by atoms with Crippen LogP contribution < -0.4 is 4.74 Å². The van der Waals surface area contributed by atoms with Gasteiger partial charge in [0.1, 0.15) is 12.4 Å². The molecule has 0 amide bonds. The van der Waals surface area contributed by atoms with Gasteiger partial charge in [0.2, 0.25) is 0 Å². The molecule has 0 unspecified atom stereocenters. The number of rotatable bonds is 6. The minimum Gasteiger partial charge on any atom is -0.493 e. The number of ether oxygens (including phenoxy) is 3. The molecule has 0 fully saturated rings. The van der Waals surface area contributed by atoms with Gasteiger partial charge >= 0.3 is 11.9 Å². The van der Waals surface area contributed by atoms with Gasteiger partial charge in [-0.3, -0.25) is 0 Å². The highest BCUT2D eigenvalue weighted by atomic mass is 16.5. The Bertz CT molecular complexity index is 693. The molecule has 120 valence electrons. The minimum atomic E-state index is -0.586. The number of carbonyl (C=O) groups excluding carboxylic acids is 2. The zero-order valence-electron chi connectivity index (χ0n) is 13.1. The van der Waals surface area contributed by atoms with Gasteiger partial charge in [0.25, 0.3) is 0 Å². The quantitative estimate of drug-likeness (QED) is 0.766. The zero-order chi connectivity index (χ0) is 16.7. The van der Waals surface area contributed by atoms with Crippen LogP contribution in [-0.4, -0.2) is 25.7 Å². The predicted octanol–water partition coefficient (Wildman–Crippen LogP) is 3.23. The van der Waals surface area contributed by atoms with Crippen LogP contribution in [0.2, 0.25) is 0 Å². The van der Waals surface area contributed by atoms with Gasteiger partial charge in [-0.1, -0.05) is 30.3 Å². The Morgan fingerprint density at radius 1 is 0.913 bits per heavy atom. The molecule has 2 aromatic rings. The van der Waals surface area contributed by atoms with Crippen LogP contribution >= 0.6 is 0 Å². The lowest BCUT2D eigenvalue weighted by molar-refractivity contribution is 0.0455. The molecular weight excluding hydrogens is 296 g/mol. The molecule has 0 saturated carbocycles. The molecule has 0 aliphatic carbocycles. The number of para-hydroxylation sites is 1. The van der Waals surface area contributed by atoms with Crippen molar-refractivity contribution in [1.29, 1.82) is 0 Å². The molecular formula is C18H18O5. The summed E-state index contributed by atoms with van der Waals surface area (Å²) in [7, 11) is 1.27. The first-order chi connectivity index (χ1) is 11.2. The van der Waals surface area contributed by atoms with Crippen LogP contribution in [-0.2, 0) is 16.1 Å². The molecule has 0 saturated heterocycles. The van der Waals surface area contributed by atoms with Crippen LogP contribution in [0.15, 0.2) is 48.5 Å². The van der Waals surface area contributed by atoms with E-state index >= 15 is 0 Å². The van der Waals surface area contributed by atoms with E-state index in [1.54, 1.807) is 12.1 Å². The van der Waals surface area contributed by atoms with Crippen molar-refractivity contribution in [1.82, 2.24) is 0 Å². The summed E-state index contributed by atoms with van der Waals surface area (Å²) in [5, 5.41) is 0. The van der Waals surface area contributed by atoms with Crippen molar-refractivity contribution in [2.45, 2.75) is 13.5 Å². The number of benzene rings is 2. The molecule has 0 heterocycles. The van der Waals surface area contributed by atoms with E-state index in [4.69, 9.17) is 9.47 Å². The van der Waals surface area contributed by atoms with E-state index in [0.29, 0.717) is 12.4 Å². The van der Waals surface area contributed by atoms with Crippen LogP contribution in [0.3, 0.4) is 0 Å². The van der Waals surface area contributed by atoms with Crippen molar-refractivity contribution in [3.8, 4) is 5.75 Å². The smallest absolute Gasteiger partial charge is 0.339 e. The highest BCUT2D eigenvalue weighted by molar-refractivity contribution is 6.03. The highest BCUT2D eigenvalue weighted by Gasteiger charge is 2.18. The van der Waals surface area contributed by atoms with Crippen molar-refractivity contribution >= 4 is 11.9 Å². The summed E-state index contributed by atoms with van der Waals surface area (Å²) in [5.74, 6) is -0.492. The molecule has 23 heavy (non-hydrogen) atoms.